The first kappa shape index (κ1) is 14.3. The normalized spacial score (nSPS) is 10.6. The molecule has 0 fully saturated rings. The minimum absolute atomic E-state index is 0.245. The molecule has 20 heavy (non-hydrogen) atoms. The topological polar surface area (TPSA) is 41.5 Å². The zero-order valence-corrected chi connectivity index (χ0v) is 11.0. The molecular formula is C15H15F2NO2. The van der Waals surface area contributed by atoms with Crippen LogP contribution in [0.1, 0.15) is 11.1 Å². The second kappa shape index (κ2) is 6.34. The lowest BCUT2D eigenvalue weighted by molar-refractivity contribution is 0.185. The second-order valence-corrected chi connectivity index (χ2v) is 4.35. The van der Waals surface area contributed by atoms with Gasteiger partial charge >= 0.3 is 0 Å². The Labute approximate surface area is 115 Å². The minimum atomic E-state index is -0.966. The summed E-state index contributed by atoms with van der Waals surface area (Å²) in [5.74, 6) is -2.88. The number of aromatic hydroxyl groups is 1. The van der Waals surface area contributed by atoms with Gasteiger partial charge in [0.2, 0.25) is 0 Å². The molecule has 0 aliphatic rings. The number of para-hydroxylation sites is 1. The lowest BCUT2D eigenvalue weighted by atomic mass is 10.1. The summed E-state index contributed by atoms with van der Waals surface area (Å²) in [5.41, 5.74) is 2.20. The summed E-state index contributed by atoms with van der Waals surface area (Å²) in [6.45, 7) is 0.691. The molecule has 0 radical (unpaired) electrons. The van der Waals surface area contributed by atoms with Crippen LogP contribution < -0.4 is 5.32 Å². The van der Waals surface area contributed by atoms with Gasteiger partial charge in [-0.2, -0.15) is 0 Å². The highest BCUT2D eigenvalue weighted by molar-refractivity contribution is 5.51. The van der Waals surface area contributed by atoms with Gasteiger partial charge in [-0.15, -0.1) is 0 Å². The number of methoxy groups -OCH3 is 1. The zero-order valence-electron chi connectivity index (χ0n) is 11.0. The predicted octanol–water partition coefficient (Wildman–Crippen LogP) is 3.43. The van der Waals surface area contributed by atoms with Crippen molar-refractivity contribution in [2.24, 2.45) is 0 Å². The number of phenolic OH excluding ortho intramolecular Hbond substituents is 1. The average Bonchev–Trinajstić information content (AvgIpc) is 2.44. The fourth-order valence-electron chi connectivity index (χ4n) is 1.89. The summed E-state index contributed by atoms with van der Waals surface area (Å²) in [6.07, 6.45) is 0. The summed E-state index contributed by atoms with van der Waals surface area (Å²) in [4.78, 5) is 0. The molecule has 2 N–H and O–H groups in total. The molecule has 0 aliphatic heterocycles. The number of nitrogens with one attached hydrogen (secondary N) is 1. The van der Waals surface area contributed by atoms with E-state index in [1.54, 1.807) is 7.11 Å². The molecule has 0 saturated heterocycles. The Morgan fingerprint density at radius 1 is 1.15 bits per heavy atom. The number of halogens is 2. The average molecular weight is 279 g/mol. The van der Waals surface area contributed by atoms with Crippen LogP contribution in [-0.2, 0) is 17.9 Å². The summed E-state index contributed by atoms with van der Waals surface area (Å²) >= 11 is 0. The van der Waals surface area contributed by atoms with Crippen molar-refractivity contribution in [3.05, 3.63) is 59.2 Å². The van der Waals surface area contributed by atoms with Crippen LogP contribution in [-0.4, -0.2) is 12.2 Å². The van der Waals surface area contributed by atoms with Gasteiger partial charge in [0, 0.05) is 24.9 Å². The Kier molecular flexibility index (Phi) is 4.53. The molecule has 0 heterocycles. The van der Waals surface area contributed by atoms with Crippen molar-refractivity contribution in [2.45, 2.75) is 13.2 Å². The van der Waals surface area contributed by atoms with E-state index >= 15 is 0 Å². The molecule has 2 aromatic rings. The monoisotopic (exact) mass is 279 g/mol. The van der Waals surface area contributed by atoms with E-state index in [9.17, 15) is 8.78 Å². The van der Waals surface area contributed by atoms with E-state index in [1.165, 1.54) is 0 Å². The first-order valence-corrected chi connectivity index (χ1v) is 6.09. The number of anilines is 1. The minimum Gasteiger partial charge on any atom is -0.503 e. The fraction of sp³-hybridized carbons (Fsp3) is 0.200. The number of benzene rings is 2. The molecule has 106 valence electrons. The van der Waals surface area contributed by atoms with Crippen LogP contribution in [0.15, 0.2) is 36.4 Å². The van der Waals surface area contributed by atoms with Crippen LogP contribution in [0.25, 0.3) is 0 Å². The third-order valence-electron chi connectivity index (χ3n) is 2.88. The molecule has 5 heteroatoms. The first-order valence-electron chi connectivity index (χ1n) is 6.09. The van der Waals surface area contributed by atoms with E-state index in [0.717, 1.165) is 23.4 Å². The molecule has 2 rings (SSSR count). The van der Waals surface area contributed by atoms with E-state index in [2.05, 4.69) is 5.32 Å². The molecule has 0 saturated carbocycles. The van der Waals surface area contributed by atoms with Gasteiger partial charge in [-0.25, -0.2) is 8.78 Å². The Morgan fingerprint density at radius 2 is 1.80 bits per heavy atom. The van der Waals surface area contributed by atoms with Crippen LogP contribution in [0.2, 0.25) is 0 Å². The van der Waals surface area contributed by atoms with E-state index < -0.39 is 17.4 Å². The highest BCUT2D eigenvalue weighted by Crippen LogP contribution is 2.23. The van der Waals surface area contributed by atoms with Crippen LogP contribution >= 0.6 is 0 Å². The van der Waals surface area contributed by atoms with Crippen molar-refractivity contribution in [3.63, 3.8) is 0 Å². The van der Waals surface area contributed by atoms with Crippen molar-refractivity contribution >= 4 is 5.69 Å². The van der Waals surface area contributed by atoms with Gasteiger partial charge < -0.3 is 15.2 Å². The highest BCUT2D eigenvalue weighted by atomic mass is 19.1. The van der Waals surface area contributed by atoms with Crippen LogP contribution in [0.5, 0.6) is 5.75 Å². The van der Waals surface area contributed by atoms with Crippen LogP contribution in [0, 0.1) is 11.6 Å². The quantitative estimate of drug-likeness (QED) is 0.881. The van der Waals surface area contributed by atoms with Gasteiger partial charge in [0.1, 0.15) is 0 Å². The number of phenols is 1. The Bertz CT molecular complexity index is 579. The molecule has 0 aromatic heterocycles. The summed E-state index contributed by atoms with van der Waals surface area (Å²) in [6, 6.07) is 9.72. The SMILES string of the molecule is COCc1ccccc1NCc1cc(F)c(O)c(F)c1. The lowest BCUT2D eigenvalue weighted by Gasteiger charge is -2.12. The lowest BCUT2D eigenvalue weighted by Crippen LogP contribution is -2.04. The number of ether oxygens (including phenoxy) is 1. The van der Waals surface area contributed by atoms with Crippen molar-refractivity contribution in [1.82, 2.24) is 0 Å². The van der Waals surface area contributed by atoms with Crippen molar-refractivity contribution in [3.8, 4) is 5.75 Å². The smallest absolute Gasteiger partial charge is 0.187 e. The van der Waals surface area contributed by atoms with Crippen molar-refractivity contribution in [2.75, 3.05) is 12.4 Å². The Hall–Kier alpha value is -2.14. The summed E-state index contributed by atoms with van der Waals surface area (Å²) < 4.78 is 31.5. The number of hydrogen-bond donors (Lipinski definition) is 2. The molecule has 0 spiro atoms. The zero-order chi connectivity index (χ0) is 14.5. The maximum absolute atomic E-state index is 13.2. The van der Waals surface area contributed by atoms with E-state index in [4.69, 9.17) is 9.84 Å². The van der Waals surface area contributed by atoms with Crippen molar-refractivity contribution < 1.29 is 18.6 Å². The van der Waals surface area contributed by atoms with Crippen molar-refractivity contribution in [1.29, 1.82) is 0 Å². The van der Waals surface area contributed by atoms with Crippen LogP contribution in [0.4, 0.5) is 14.5 Å². The molecule has 0 aliphatic carbocycles. The van der Waals surface area contributed by atoms with E-state index in [0.29, 0.717) is 12.2 Å². The molecule has 3 nitrogen and oxygen atoms in total. The van der Waals surface area contributed by atoms with Gasteiger partial charge in [0.05, 0.1) is 6.61 Å². The van der Waals surface area contributed by atoms with Gasteiger partial charge in [-0.1, -0.05) is 18.2 Å². The molecular weight excluding hydrogens is 264 g/mol. The van der Waals surface area contributed by atoms with E-state index in [1.807, 2.05) is 24.3 Å². The largest absolute Gasteiger partial charge is 0.503 e. The van der Waals surface area contributed by atoms with Gasteiger partial charge in [0.15, 0.2) is 17.4 Å². The van der Waals surface area contributed by atoms with Crippen LogP contribution in [0.3, 0.4) is 0 Å². The molecule has 0 atom stereocenters. The van der Waals surface area contributed by atoms with E-state index in [-0.39, 0.29) is 6.54 Å². The highest BCUT2D eigenvalue weighted by Gasteiger charge is 2.09. The molecule has 0 unspecified atom stereocenters. The van der Waals surface area contributed by atoms with Gasteiger partial charge in [-0.05, 0) is 23.8 Å². The summed E-state index contributed by atoms with van der Waals surface area (Å²) in [7, 11) is 1.60. The second-order valence-electron chi connectivity index (χ2n) is 4.35. The number of rotatable bonds is 5. The maximum atomic E-state index is 13.2. The third-order valence-corrected chi connectivity index (χ3v) is 2.88. The Balaban J connectivity index is 2.13. The fourth-order valence-corrected chi connectivity index (χ4v) is 1.89. The standard InChI is InChI=1S/C15H15F2NO2/c1-20-9-11-4-2-3-5-14(11)18-8-10-6-12(16)15(19)13(17)7-10/h2-7,18-19H,8-9H2,1H3. The summed E-state index contributed by atoms with van der Waals surface area (Å²) in [5, 5.41) is 12.1. The molecule has 2 aromatic carbocycles. The predicted molar refractivity (Wildman–Crippen MR) is 72.5 cm³/mol. The third kappa shape index (κ3) is 3.24. The Morgan fingerprint density at radius 3 is 2.45 bits per heavy atom. The molecule has 0 bridgehead atoms. The first-order chi connectivity index (χ1) is 9.61. The van der Waals surface area contributed by atoms with Gasteiger partial charge in [0.25, 0.3) is 0 Å². The maximum Gasteiger partial charge on any atom is 0.187 e. The van der Waals surface area contributed by atoms with Gasteiger partial charge in [-0.3, -0.25) is 0 Å². The number of hydrogen-bond acceptors (Lipinski definition) is 3. The molecule has 0 amide bonds.